The Morgan fingerprint density at radius 2 is 1.42 bits per heavy atom. The van der Waals surface area contributed by atoms with Crippen LogP contribution in [0.25, 0.3) is 0 Å². The zero-order valence-corrected chi connectivity index (χ0v) is 22.1. The van der Waals surface area contributed by atoms with Gasteiger partial charge in [0.1, 0.15) is 5.69 Å². The molecule has 0 saturated heterocycles. The highest BCUT2D eigenvalue weighted by Crippen LogP contribution is 2.45. The number of benzene rings is 2. The maximum absolute atomic E-state index is 11.3. The summed E-state index contributed by atoms with van der Waals surface area (Å²) in [6.07, 6.45) is 3.13. The molecule has 166 valence electrons. The number of hydrogen-bond acceptors (Lipinski definition) is 4. The van der Waals surface area contributed by atoms with Crippen LogP contribution in [0.15, 0.2) is 46.6 Å². The van der Waals surface area contributed by atoms with Gasteiger partial charge in [0.15, 0.2) is 0 Å². The molecule has 12 heteroatoms. The molecule has 4 nitrogen and oxygen atoms in total. The smallest absolute Gasteiger partial charge is 0.269 e. The van der Waals surface area contributed by atoms with Gasteiger partial charge in [0.05, 0.1) is 32.6 Å². The monoisotopic (exact) mass is 575 g/mol. The van der Waals surface area contributed by atoms with Crippen molar-refractivity contribution in [2.24, 2.45) is 7.05 Å². The lowest BCUT2D eigenvalue weighted by atomic mass is 10.3. The molecule has 0 atom stereocenters. The van der Waals surface area contributed by atoms with E-state index >= 15 is 0 Å². The Kier molecular flexibility index (Phi) is 11.0. The standard InChI is InChI=1S/C12H4Cl6S.C7H11N3OS/c13-5-1-7(15)11(8(16)2-5)19-12-9(17)3-6(14)4-10(12)18;1-10-5-8-4-6(10)7(11)9-2-3-12/h1-4H;4-5,12H,2-3H2,1H3,(H,9,11). The first-order chi connectivity index (χ1) is 14.6. The number of carbonyl (C=O) groups excluding carboxylic acids is 1. The molecule has 0 bridgehead atoms. The molecule has 0 saturated carbocycles. The second-order valence-electron chi connectivity index (χ2n) is 5.87. The zero-order chi connectivity index (χ0) is 23.1. The molecule has 0 aliphatic carbocycles. The van der Waals surface area contributed by atoms with Crippen molar-refractivity contribution in [3.8, 4) is 0 Å². The highest BCUT2D eigenvalue weighted by atomic mass is 35.5. The van der Waals surface area contributed by atoms with Gasteiger partial charge in [-0.1, -0.05) is 81.4 Å². The minimum atomic E-state index is -0.107. The van der Waals surface area contributed by atoms with Crippen molar-refractivity contribution in [3.05, 3.63) is 72.6 Å². The van der Waals surface area contributed by atoms with Crippen molar-refractivity contribution in [2.75, 3.05) is 12.3 Å². The molecule has 0 unspecified atom stereocenters. The van der Waals surface area contributed by atoms with E-state index in [1.807, 2.05) is 0 Å². The summed E-state index contributed by atoms with van der Waals surface area (Å²) in [6.45, 7) is 0.577. The third-order valence-electron chi connectivity index (χ3n) is 3.58. The third kappa shape index (κ3) is 7.83. The molecule has 0 aliphatic heterocycles. The van der Waals surface area contributed by atoms with E-state index in [1.54, 1.807) is 42.2 Å². The number of aryl methyl sites for hydroxylation is 1. The molecule has 0 spiro atoms. The average molecular weight is 578 g/mol. The third-order valence-corrected chi connectivity index (χ3v) is 7.17. The molecule has 0 fully saturated rings. The molecule has 1 heterocycles. The molecule has 0 radical (unpaired) electrons. The number of halogens is 6. The molecular formula is C19H15Cl6N3OS2. The Labute approximate surface area is 219 Å². The zero-order valence-electron chi connectivity index (χ0n) is 15.8. The van der Waals surface area contributed by atoms with Crippen LogP contribution in [0, 0.1) is 0 Å². The van der Waals surface area contributed by atoms with E-state index in [0.29, 0.717) is 57.9 Å². The number of aromatic nitrogens is 2. The van der Waals surface area contributed by atoms with E-state index in [0.717, 1.165) is 0 Å². The Balaban J connectivity index is 0.000000245. The van der Waals surface area contributed by atoms with Gasteiger partial charge in [-0.25, -0.2) is 4.98 Å². The lowest BCUT2D eigenvalue weighted by Gasteiger charge is -2.10. The summed E-state index contributed by atoms with van der Waals surface area (Å²) in [6, 6.07) is 6.42. The minimum absolute atomic E-state index is 0.107. The van der Waals surface area contributed by atoms with Crippen molar-refractivity contribution in [3.63, 3.8) is 0 Å². The molecular weight excluding hydrogens is 563 g/mol. The van der Waals surface area contributed by atoms with Gasteiger partial charge in [-0.2, -0.15) is 12.6 Å². The number of carbonyl (C=O) groups is 1. The minimum Gasteiger partial charge on any atom is -0.350 e. The van der Waals surface area contributed by atoms with Gasteiger partial charge >= 0.3 is 0 Å². The Morgan fingerprint density at radius 3 is 1.77 bits per heavy atom. The molecule has 1 amide bonds. The molecule has 1 N–H and O–H groups in total. The van der Waals surface area contributed by atoms with Crippen LogP contribution < -0.4 is 5.32 Å². The average Bonchev–Trinajstić information content (AvgIpc) is 3.10. The number of amides is 1. The highest BCUT2D eigenvalue weighted by Gasteiger charge is 2.15. The normalized spacial score (nSPS) is 10.5. The fraction of sp³-hybridized carbons (Fsp3) is 0.158. The highest BCUT2D eigenvalue weighted by molar-refractivity contribution is 7.99. The quantitative estimate of drug-likeness (QED) is 0.304. The molecule has 3 rings (SSSR count). The van der Waals surface area contributed by atoms with E-state index in [2.05, 4.69) is 22.9 Å². The second-order valence-corrected chi connectivity index (χ2v) is 9.84. The topological polar surface area (TPSA) is 46.9 Å². The number of nitrogens with zero attached hydrogens (tertiary/aromatic N) is 2. The van der Waals surface area contributed by atoms with Crippen LogP contribution >= 0.6 is 94.0 Å². The van der Waals surface area contributed by atoms with E-state index < -0.39 is 0 Å². The first-order valence-corrected chi connectivity index (χ1v) is 12.2. The number of thiol groups is 1. The molecule has 2 aromatic carbocycles. The second kappa shape index (κ2) is 12.7. The summed E-state index contributed by atoms with van der Waals surface area (Å²) in [5, 5.41) is 5.37. The number of imidazole rings is 1. The van der Waals surface area contributed by atoms with Crippen LogP contribution in [0.3, 0.4) is 0 Å². The van der Waals surface area contributed by atoms with Gasteiger partial charge < -0.3 is 9.88 Å². The summed E-state index contributed by atoms with van der Waals surface area (Å²) < 4.78 is 1.67. The summed E-state index contributed by atoms with van der Waals surface area (Å²) in [4.78, 5) is 16.4. The lowest BCUT2D eigenvalue weighted by molar-refractivity contribution is 0.0948. The summed E-state index contributed by atoms with van der Waals surface area (Å²) in [7, 11) is 1.78. The van der Waals surface area contributed by atoms with Gasteiger partial charge in [-0.05, 0) is 24.3 Å². The Hall–Kier alpha value is -0.440. The van der Waals surface area contributed by atoms with Crippen molar-refractivity contribution < 1.29 is 4.79 Å². The fourth-order valence-corrected chi connectivity index (χ4v) is 5.23. The van der Waals surface area contributed by atoms with E-state index in [-0.39, 0.29) is 5.91 Å². The van der Waals surface area contributed by atoms with Crippen molar-refractivity contribution in [1.29, 1.82) is 0 Å². The predicted molar refractivity (Wildman–Crippen MR) is 136 cm³/mol. The fourth-order valence-electron chi connectivity index (χ4n) is 2.19. The largest absolute Gasteiger partial charge is 0.350 e. The maximum atomic E-state index is 11.3. The summed E-state index contributed by atoms with van der Waals surface area (Å²) in [5.74, 6) is 0.535. The van der Waals surface area contributed by atoms with E-state index in [9.17, 15) is 4.79 Å². The van der Waals surface area contributed by atoms with Crippen LogP contribution in [0.5, 0.6) is 0 Å². The summed E-state index contributed by atoms with van der Waals surface area (Å²) >= 11 is 41.4. The van der Waals surface area contributed by atoms with Gasteiger partial charge in [0.2, 0.25) is 0 Å². The van der Waals surface area contributed by atoms with Crippen LogP contribution in [0.1, 0.15) is 10.5 Å². The molecule has 31 heavy (non-hydrogen) atoms. The number of nitrogens with one attached hydrogen (secondary N) is 1. The number of rotatable bonds is 5. The van der Waals surface area contributed by atoms with Crippen molar-refractivity contribution in [1.82, 2.24) is 14.9 Å². The van der Waals surface area contributed by atoms with Crippen LogP contribution in [-0.2, 0) is 7.05 Å². The van der Waals surface area contributed by atoms with Crippen molar-refractivity contribution >= 4 is 99.9 Å². The van der Waals surface area contributed by atoms with Crippen LogP contribution in [0.4, 0.5) is 0 Å². The SMILES string of the molecule is Clc1cc(Cl)c(Sc2c(Cl)cc(Cl)cc2Cl)c(Cl)c1.Cn1cncc1C(=O)NCCS. The predicted octanol–water partition coefficient (Wildman–Crippen LogP) is 7.84. The maximum Gasteiger partial charge on any atom is 0.269 e. The summed E-state index contributed by atoms with van der Waals surface area (Å²) in [5.41, 5.74) is 0.566. The Morgan fingerprint density at radius 1 is 0.968 bits per heavy atom. The first-order valence-electron chi connectivity index (χ1n) is 8.46. The Bertz CT molecular complexity index is 975. The van der Waals surface area contributed by atoms with E-state index in [4.69, 9.17) is 69.6 Å². The van der Waals surface area contributed by atoms with Gasteiger partial charge in [0, 0.05) is 39.2 Å². The number of hydrogen-bond donors (Lipinski definition) is 2. The van der Waals surface area contributed by atoms with Gasteiger partial charge in [-0.3, -0.25) is 4.79 Å². The first kappa shape index (κ1) is 26.8. The molecule has 0 aliphatic rings. The van der Waals surface area contributed by atoms with Crippen molar-refractivity contribution in [2.45, 2.75) is 9.79 Å². The van der Waals surface area contributed by atoms with Crippen LogP contribution in [-0.4, -0.2) is 27.8 Å². The van der Waals surface area contributed by atoms with E-state index in [1.165, 1.54) is 18.0 Å². The van der Waals surface area contributed by atoms with Crippen LogP contribution in [0.2, 0.25) is 30.1 Å². The van der Waals surface area contributed by atoms with Gasteiger partial charge in [-0.15, -0.1) is 0 Å². The molecule has 3 aromatic rings. The lowest BCUT2D eigenvalue weighted by Crippen LogP contribution is -2.26. The molecule has 1 aromatic heterocycles. The van der Waals surface area contributed by atoms with Gasteiger partial charge in [0.25, 0.3) is 5.91 Å².